The lowest BCUT2D eigenvalue weighted by molar-refractivity contribution is -0.386. The van der Waals surface area contributed by atoms with Gasteiger partial charge in [0, 0.05) is 6.07 Å². The Kier molecular flexibility index (Phi) is 4.11. The fraction of sp³-hybridized carbons (Fsp3) is 0.333. The Labute approximate surface area is 94.9 Å². The van der Waals surface area contributed by atoms with E-state index in [-0.39, 0.29) is 11.3 Å². The summed E-state index contributed by atoms with van der Waals surface area (Å²) in [5.74, 6) is 0. The summed E-state index contributed by atoms with van der Waals surface area (Å²) in [6.07, 6.45) is -0.876. The molecule has 2 unspecified atom stereocenters. The second kappa shape index (κ2) is 5.15. The second-order valence-corrected chi connectivity index (χ2v) is 3.86. The number of nitro groups is 1. The predicted octanol–water partition coefficient (Wildman–Crippen LogP) is 1.77. The lowest BCUT2D eigenvalue weighted by Gasteiger charge is -2.14. The lowest BCUT2D eigenvalue weighted by Crippen LogP contribution is -2.05. The van der Waals surface area contributed by atoms with Crippen molar-refractivity contribution in [3.63, 3.8) is 0 Å². The molecular weight excluding hydrogens is 234 g/mol. The Morgan fingerprint density at radius 1 is 1.50 bits per heavy atom. The van der Waals surface area contributed by atoms with E-state index in [0.717, 1.165) is 5.56 Å². The molecule has 0 N–H and O–H groups in total. The van der Waals surface area contributed by atoms with E-state index in [1.807, 2.05) is 0 Å². The average Bonchev–Trinajstić information content (AvgIpc) is 2.16. The third-order valence-electron chi connectivity index (χ3n) is 2.04. The first-order valence-electron chi connectivity index (χ1n) is 4.43. The van der Waals surface area contributed by atoms with Gasteiger partial charge in [0.15, 0.2) is 0 Å². The van der Waals surface area contributed by atoms with Crippen LogP contribution in [0.1, 0.15) is 24.2 Å². The minimum Gasteiger partial charge on any atom is -0.750 e. The molecule has 6 nitrogen and oxygen atoms in total. The Morgan fingerprint density at radius 2 is 2.12 bits per heavy atom. The molecule has 0 saturated heterocycles. The predicted molar refractivity (Wildman–Crippen MR) is 56.3 cm³/mol. The molecule has 0 heterocycles. The molecule has 0 aromatic heterocycles. The molecule has 2 atom stereocenters. The van der Waals surface area contributed by atoms with Crippen LogP contribution in [0.15, 0.2) is 18.2 Å². The van der Waals surface area contributed by atoms with Gasteiger partial charge in [-0.25, -0.2) is 4.21 Å². The maximum atomic E-state index is 10.8. The largest absolute Gasteiger partial charge is 0.750 e. The maximum Gasteiger partial charge on any atom is 0.275 e. The Balaban J connectivity index is 3.12. The van der Waals surface area contributed by atoms with Crippen LogP contribution in [0.4, 0.5) is 5.69 Å². The van der Waals surface area contributed by atoms with Gasteiger partial charge < -0.3 is 4.55 Å². The van der Waals surface area contributed by atoms with Crippen molar-refractivity contribution >= 4 is 17.0 Å². The third-order valence-corrected chi connectivity index (χ3v) is 2.49. The Bertz CT molecular complexity index is 434. The molecule has 0 spiro atoms. The summed E-state index contributed by atoms with van der Waals surface area (Å²) < 4.78 is 25.2. The monoisotopic (exact) mass is 244 g/mol. The van der Waals surface area contributed by atoms with Gasteiger partial charge in [-0.2, -0.15) is 0 Å². The van der Waals surface area contributed by atoms with Crippen LogP contribution in [0.2, 0.25) is 0 Å². The van der Waals surface area contributed by atoms with Crippen molar-refractivity contribution in [2.45, 2.75) is 20.0 Å². The van der Waals surface area contributed by atoms with Gasteiger partial charge in [-0.3, -0.25) is 14.3 Å². The van der Waals surface area contributed by atoms with Crippen molar-refractivity contribution in [2.75, 3.05) is 0 Å². The van der Waals surface area contributed by atoms with Crippen LogP contribution in [0, 0.1) is 17.0 Å². The molecule has 0 amide bonds. The first kappa shape index (κ1) is 12.8. The standard InChI is InChI=1S/C9H11NO5S/c1-6-3-4-8(7(2)15-16(13)14)9(5-6)10(11)12/h3-5,7H,1-2H3,(H,13,14)/p-1. The number of hydrogen-bond acceptors (Lipinski definition) is 5. The van der Waals surface area contributed by atoms with E-state index in [1.54, 1.807) is 13.0 Å². The van der Waals surface area contributed by atoms with Gasteiger partial charge in [0.05, 0.1) is 21.8 Å². The third kappa shape index (κ3) is 3.09. The van der Waals surface area contributed by atoms with Crippen LogP contribution < -0.4 is 0 Å². The highest BCUT2D eigenvalue weighted by molar-refractivity contribution is 7.74. The number of aryl methyl sites for hydroxylation is 1. The number of nitrogens with zero attached hydrogens (tertiary/aromatic N) is 1. The van der Waals surface area contributed by atoms with E-state index in [0.29, 0.717) is 0 Å². The van der Waals surface area contributed by atoms with Gasteiger partial charge in [0.2, 0.25) is 0 Å². The summed E-state index contributed by atoms with van der Waals surface area (Å²) >= 11 is -2.70. The minimum absolute atomic E-state index is 0.141. The molecule has 7 heteroatoms. The van der Waals surface area contributed by atoms with Crippen molar-refractivity contribution < 1.29 is 17.9 Å². The fourth-order valence-corrected chi connectivity index (χ4v) is 1.66. The van der Waals surface area contributed by atoms with Crippen LogP contribution >= 0.6 is 0 Å². The van der Waals surface area contributed by atoms with Crippen molar-refractivity contribution in [2.24, 2.45) is 0 Å². The molecule has 0 fully saturated rings. The van der Waals surface area contributed by atoms with Gasteiger partial charge in [0.25, 0.3) is 5.69 Å². The van der Waals surface area contributed by atoms with E-state index in [9.17, 15) is 18.9 Å². The first-order chi connectivity index (χ1) is 7.41. The molecule has 1 aromatic carbocycles. The molecule has 0 bridgehead atoms. The summed E-state index contributed by atoms with van der Waals surface area (Å²) in [6, 6.07) is 4.53. The molecular formula is C9H10NO5S-. The number of nitro benzene ring substituents is 1. The SMILES string of the molecule is Cc1ccc(C(C)OS(=O)[O-])c([N+](=O)[O-])c1. The highest BCUT2D eigenvalue weighted by Crippen LogP contribution is 2.28. The number of hydrogen-bond donors (Lipinski definition) is 0. The summed E-state index contributed by atoms with van der Waals surface area (Å²) in [7, 11) is 0. The van der Waals surface area contributed by atoms with E-state index in [4.69, 9.17) is 0 Å². The topological polar surface area (TPSA) is 92.5 Å². The second-order valence-electron chi connectivity index (χ2n) is 3.26. The van der Waals surface area contributed by atoms with E-state index < -0.39 is 22.4 Å². The van der Waals surface area contributed by atoms with Crippen LogP contribution in [0.25, 0.3) is 0 Å². The van der Waals surface area contributed by atoms with Crippen LogP contribution in [0.3, 0.4) is 0 Å². The van der Waals surface area contributed by atoms with Crippen molar-refractivity contribution in [3.8, 4) is 0 Å². The van der Waals surface area contributed by atoms with Gasteiger partial charge in [0.1, 0.15) is 6.10 Å². The zero-order chi connectivity index (χ0) is 12.3. The van der Waals surface area contributed by atoms with E-state index >= 15 is 0 Å². The highest BCUT2D eigenvalue weighted by atomic mass is 32.2. The summed E-state index contributed by atoms with van der Waals surface area (Å²) in [6.45, 7) is 3.15. The van der Waals surface area contributed by atoms with Crippen LogP contribution in [-0.4, -0.2) is 13.7 Å². The minimum atomic E-state index is -2.70. The molecule has 88 valence electrons. The van der Waals surface area contributed by atoms with E-state index in [1.165, 1.54) is 19.1 Å². The van der Waals surface area contributed by atoms with Crippen LogP contribution in [-0.2, 0) is 15.5 Å². The van der Waals surface area contributed by atoms with Crippen LogP contribution in [0.5, 0.6) is 0 Å². The maximum absolute atomic E-state index is 10.8. The van der Waals surface area contributed by atoms with Crippen molar-refractivity contribution in [3.05, 3.63) is 39.4 Å². The Morgan fingerprint density at radius 3 is 2.62 bits per heavy atom. The van der Waals surface area contributed by atoms with Gasteiger partial charge in [-0.05, 0) is 25.5 Å². The molecule has 16 heavy (non-hydrogen) atoms. The zero-order valence-corrected chi connectivity index (χ0v) is 9.52. The number of benzene rings is 1. The molecule has 0 radical (unpaired) electrons. The molecule has 1 rings (SSSR count). The van der Waals surface area contributed by atoms with Gasteiger partial charge in [-0.1, -0.05) is 6.07 Å². The zero-order valence-electron chi connectivity index (χ0n) is 8.71. The normalized spacial score (nSPS) is 14.4. The van der Waals surface area contributed by atoms with Gasteiger partial charge >= 0.3 is 0 Å². The molecule has 0 aliphatic carbocycles. The molecule has 1 aromatic rings. The lowest BCUT2D eigenvalue weighted by atomic mass is 10.1. The number of rotatable bonds is 4. The van der Waals surface area contributed by atoms with Gasteiger partial charge in [-0.15, -0.1) is 0 Å². The molecule has 0 saturated carbocycles. The van der Waals surface area contributed by atoms with E-state index in [2.05, 4.69) is 4.18 Å². The smallest absolute Gasteiger partial charge is 0.275 e. The van der Waals surface area contributed by atoms with Crippen molar-refractivity contribution in [1.82, 2.24) is 0 Å². The average molecular weight is 244 g/mol. The Hall–Kier alpha value is -1.31. The summed E-state index contributed by atoms with van der Waals surface area (Å²) in [5, 5.41) is 10.8. The summed E-state index contributed by atoms with van der Waals surface area (Å²) in [5.41, 5.74) is 0.823. The summed E-state index contributed by atoms with van der Waals surface area (Å²) in [4.78, 5) is 10.2. The molecule has 0 aliphatic rings. The highest BCUT2D eigenvalue weighted by Gasteiger charge is 2.19. The quantitative estimate of drug-likeness (QED) is 0.457. The first-order valence-corrected chi connectivity index (χ1v) is 5.43. The van der Waals surface area contributed by atoms with Crippen molar-refractivity contribution in [1.29, 1.82) is 0 Å². The fourth-order valence-electron chi connectivity index (χ4n) is 1.33. The molecule has 0 aliphatic heterocycles.